The molecule has 0 unspecified atom stereocenters. The zero-order valence-electron chi connectivity index (χ0n) is 16.0. The quantitative estimate of drug-likeness (QED) is 0.877. The second-order valence-corrected chi connectivity index (χ2v) is 7.95. The van der Waals surface area contributed by atoms with E-state index in [1.807, 2.05) is 24.3 Å². The van der Waals surface area contributed by atoms with Gasteiger partial charge in [0.15, 0.2) is 5.82 Å². The van der Waals surface area contributed by atoms with E-state index in [0.717, 1.165) is 44.3 Å². The third-order valence-corrected chi connectivity index (χ3v) is 5.71. The largest absolute Gasteiger partial charge is 0.353 e. The lowest BCUT2D eigenvalue weighted by Gasteiger charge is -2.31. The van der Waals surface area contributed by atoms with E-state index in [-0.39, 0.29) is 11.8 Å². The summed E-state index contributed by atoms with van der Waals surface area (Å²) in [4.78, 5) is 19.4. The summed E-state index contributed by atoms with van der Waals surface area (Å²) < 4.78 is 5.43. The number of amides is 1. The van der Waals surface area contributed by atoms with Crippen LogP contribution in [-0.4, -0.2) is 40.1 Å². The van der Waals surface area contributed by atoms with E-state index < -0.39 is 0 Å². The van der Waals surface area contributed by atoms with Crippen molar-refractivity contribution in [2.45, 2.75) is 58.0 Å². The fraction of sp³-hybridized carbons (Fsp3) is 0.571. The summed E-state index contributed by atoms with van der Waals surface area (Å²) in [7, 11) is 0. The number of aromatic nitrogens is 2. The first-order valence-electron chi connectivity index (χ1n) is 10.1. The average molecular weight is 368 g/mol. The van der Waals surface area contributed by atoms with Gasteiger partial charge in [-0.3, -0.25) is 9.69 Å². The summed E-state index contributed by atoms with van der Waals surface area (Å²) in [6, 6.07) is 8.46. The van der Waals surface area contributed by atoms with Gasteiger partial charge in [-0.1, -0.05) is 35.7 Å². The van der Waals surface area contributed by atoms with Crippen molar-refractivity contribution in [3.63, 3.8) is 0 Å². The van der Waals surface area contributed by atoms with Crippen molar-refractivity contribution >= 4 is 5.91 Å². The molecule has 1 N–H and O–H groups in total. The van der Waals surface area contributed by atoms with E-state index in [1.54, 1.807) is 0 Å². The molecule has 1 saturated heterocycles. The number of carbonyl (C=O) groups excluding carboxylic acids is 1. The number of nitrogens with zero attached hydrogens (tertiary/aromatic N) is 3. The highest BCUT2D eigenvalue weighted by Gasteiger charge is 2.28. The molecule has 1 amide bonds. The second-order valence-electron chi connectivity index (χ2n) is 7.95. The van der Waals surface area contributed by atoms with E-state index >= 15 is 0 Å². The molecule has 0 radical (unpaired) electrons. The van der Waals surface area contributed by atoms with Crippen LogP contribution in [0, 0.1) is 12.8 Å². The first-order valence-corrected chi connectivity index (χ1v) is 10.1. The third kappa shape index (κ3) is 4.56. The zero-order valence-corrected chi connectivity index (χ0v) is 16.0. The summed E-state index contributed by atoms with van der Waals surface area (Å²) in [5, 5.41) is 7.38. The standard InChI is InChI=1S/C21H28N4O2/c1-15-8-10-16(11-9-15)21-23-19(24-27-21)14-25-12-4-5-17(13-25)20(26)22-18-6-2-3-7-18/h8-11,17-18H,2-7,12-14H2,1H3,(H,22,26)/t17-/m0/s1. The summed E-state index contributed by atoms with van der Waals surface area (Å²) >= 11 is 0. The van der Waals surface area contributed by atoms with Gasteiger partial charge in [-0.15, -0.1) is 0 Å². The minimum absolute atomic E-state index is 0.0721. The van der Waals surface area contributed by atoms with Crippen LogP contribution in [0.25, 0.3) is 11.5 Å². The van der Waals surface area contributed by atoms with Gasteiger partial charge in [-0.05, 0) is 51.3 Å². The van der Waals surface area contributed by atoms with E-state index in [2.05, 4.69) is 27.3 Å². The highest BCUT2D eigenvalue weighted by atomic mass is 16.5. The highest BCUT2D eigenvalue weighted by Crippen LogP contribution is 2.23. The predicted molar refractivity (Wildman–Crippen MR) is 103 cm³/mol. The van der Waals surface area contributed by atoms with E-state index in [9.17, 15) is 4.79 Å². The van der Waals surface area contributed by atoms with Crippen LogP contribution < -0.4 is 5.32 Å². The average Bonchev–Trinajstić information content (AvgIpc) is 3.35. The van der Waals surface area contributed by atoms with Gasteiger partial charge in [-0.2, -0.15) is 4.98 Å². The Hall–Kier alpha value is -2.21. The number of piperidine rings is 1. The molecule has 27 heavy (non-hydrogen) atoms. The molecule has 1 aromatic carbocycles. The molecule has 0 spiro atoms. The Balaban J connectivity index is 1.34. The van der Waals surface area contributed by atoms with E-state index in [4.69, 9.17) is 4.52 Å². The SMILES string of the molecule is Cc1ccc(-c2nc(CN3CCC[C@H](C(=O)NC4CCCC4)C3)no2)cc1. The molecular formula is C21H28N4O2. The smallest absolute Gasteiger partial charge is 0.257 e. The number of likely N-dealkylation sites (tertiary alicyclic amines) is 1. The second kappa shape index (κ2) is 8.21. The highest BCUT2D eigenvalue weighted by molar-refractivity contribution is 5.79. The molecule has 2 aromatic rings. The molecule has 1 aromatic heterocycles. The monoisotopic (exact) mass is 368 g/mol. The number of benzene rings is 1. The van der Waals surface area contributed by atoms with Crippen LogP contribution in [0.1, 0.15) is 49.9 Å². The lowest BCUT2D eigenvalue weighted by molar-refractivity contribution is -0.127. The molecular weight excluding hydrogens is 340 g/mol. The van der Waals surface area contributed by atoms with E-state index in [0.29, 0.717) is 24.3 Å². The molecule has 1 saturated carbocycles. The van der Waals surface area contributed by atoms with E-state index in [1.165, 1.54) is 18.4 Å². The van der Waals surface area contributed by atoms with Crippen LogP contribution in [0.5, 0.6) is 0 Å². The van der Waals surface area contributed by atoms with Gasteiger partial charge in [0, 0.05) is 18.2 Å². The van der Waals surface area contributed by atoms with Gasteiger partial charge < -0.3 is 9.84 Å². The molecule has 144 valence electrons. The molecule has 4 rings (SSSR count). The molecule has 6 nitrogen and oxygen atoms in total. The Labute approximate surface area is 160 Å². The van der Waals surface area contributed by atoms with Crippen molar-refractivity contribution in [2.75, 3.05) is 13.1 Å². The molecule has 2 heterocycles. The molecule has 0 bridgehead atoms. The number of hydrogen-bond acceptors (Lipinski definition) is 5. The van der Waals surface area contributed by atoms with Crippen molar-refractivity contribution in [2.24, 2.45) is 5.92 Å². The van der Waals surface area contributed by atoms with Crippen LogP contribution >= 0.6 is 0 Å². The van der Waals surface area contributed by atoms with Crippen LogP contribution in [0.15, 0.2) is 28.8 Å². The number of carbonyl (C=O) groups is 1. The van der Waals surface area contributed by atoms with Crippen molar-refractivity contribution < 1.29 is 9.32 Å². The van der Waals surface area contributed by atoms with Crippen molar-refractivity contribution in [3.8, 4) is 11.5 Å². The van der Waals surface area contributed by atoms with Crippen molar-refractivity contribution in [1.29, 1.82) is 0 Å². The van der Waals surface area contributed by atoms with Gasteiger partial charge in [0.2, 0.25) is 5.91 Å². The fourth-order valence-electron chi connectivity index (χ4n) is 4.13. The number of hydrogen-bond donors (Lipinski definition) is 1. The maximum absolute atomic E-state index is 12.6. The Morgan fingerprint density at radius 2 is 1.96 bits per heavy atom. The Morgan fingerprint density at radius 3 is 2.74 bits per heavy atom. The molecule has 2 fully saturated rings. The molecule has 1 atom stereocenters. The van der Waals surface area contributed by atoms with Gasteiger partial charge >= 0.3 is 0 Å². The third-order valence-electron chi connectivity index (χ3n) is 5.71. The van der Waals surface area contributed by atoms with Gasteiger partial charge in [0.1, 0.15) is 0 Å². The zero-order chi connectivity index (χ0) is 18.6. The topological polar surface area (TPSA) is 71.3 Å². The van der Waals surface area contributed by atoms with Crippen molar-refractivity contribution in [3.05, 3.63) is 35.7 Å². The molecule has 1 aliphatic carbocycles. The minimum atomic E-state index is 0.0721. The maximum atomic E-state index is 12.6. The van der Waals surface area contributed by atoms with Crippen molar-refractivity contribution in [1.82, 2.24) is 20.4 Å². The minimum Gasteiger partial charge on any atom is -0.353 e. The number of rotatable bonds is 5. The Morgan fingerprint density at radius 1 is 1.19 bits per heavy atom. The lowest BCUT2D eigenvalue weighted by Crippen LogP contribution is -2.45. The first-order chi connectivity index (χ1) is 13.2. The molecule has 2 aliphatic rings. The fourth-order valence-corrected chi connectivity index (χ4v) is 4.13. The van der Waals surface area contributed by atoms with Crippen LogP contribution in [0.2, 0.25) is 0 Å². The number of nitrogens with one attached hydrogen (secondary N) is 1. The van der Waals surface area contributed by atoms with Crippen LogP contribution in [0.4, 0.5) is 0 Å². The first kappa shape index (κ1) is 18.2. The van der Waals surface area contributed by atoms with Gasteiger partial charge in [0.25, 0.3) is 5.89 Å². The molecule has 6 heteroatoms. The maximum Gasteiger partial charge on any atom is 0.257 e. The summed E-state index contributed by atoms with van der Waals surface area (Å²) in [5.41, 5.74) is 2.14. The summed E-state index contributed by atoms with van der Waals surface area (Å²) in [6.45, 7) is 4.43. The van der Waals surface area contributed by atoms with Gasteiger partial charge in [0.05, 0.1) is 12.5 Å². The summed E-state index contributed by atoms with van der Waals surface area (Å²) in [5.74, 6) is 1.53. The van der Waals surface area contributed by atoms with Crippen LogP contribution in [-0.2, 0) is 11.3 Å². The predicted octanol–water partition coefficient (Wildman–Crippen LogP) is 3.32. The summed E-state index contributed by atoms with van der Waals surface area (Å²) in [6.07, 6.45) is 6.74. The normalized spacial score (nSPS) is 21.4. The Kier molecular flexibility index (Phi) is 5.53. The molecule has 1 aliphatic heterocycles. The Bertz CT molecular complexity index is 765. The van der Waals surface area contributed by atoms with Gasteiger partial charge in [-0.25, -0.2) is 0 Å². The van der Waals surface area contributed by atoms with Crippen LogP contribution in [0.3, 0.4) is 0 Å². The lowest BCUT2D eigenvalue weighted by atomic mass is 9.96. The number of aryl methyl sites for hydroxylation is 1.